The number of carbonyl (C=O) groups is 2. The number of hydrogen-bond acceptors (Lipinski definition) is 4. The second-order valence-electron chi connectivity index (χ2n) is 5.22. The van der Waals surface area contributed by atoms with Crippen LogP contribution in [0.5, 0.6) is 0 Å². The van der Waals surface area contributed by atoms with Crippen molar-refractivity contribution in [2.45, 2.75) is 50.6 Å². The van der Waals surface area contributed by atoms with Crippen LogP contribution in [0.15, 0.2) is 0 Å². The number of rotatable bonds is 2. The van der Waals surface area contributed by atoms with E-state index < -0.39 is 11.9 Å². The minimum Gasteiger partial charge on any atom is -0.481 e. The molecule has 2 aliphatic rings. The molecular weight excluding hydrogens is 236 g/mol. The van der Waals surface area contributed by atoms with E-state index in [1.165, 1.54) is 0 Å². The lowest BCUT2D eigenvalue weighted by atomic mass is 10.1. The fourth-order valence-electron chi connectivity index (χ4n) is 2.48. The van der Waals surface area contributed by atoms with E-state index in [1.807, 2.05) is 0 Å². The van der Waals surface area contributed by atoms with Gasteiger partial charge in [-0.05, 0) is 38.5 Å². The van der Waals surface area contributed by atoms with Crippen molar-refractivity contribution in [3.05, 3.63) is 0 Å². The van der Waals surface area contributed by atoms with Crippen LogP contribution >= 0.6 is 0 Å². The third-order valence-corrected chi connectivity index (χ3v) is 3.64. The molecule has 0 aromatic rings. The van der Waals surface area contributed by atoms with E-state index in [-0.39, 0.29) is 23.9 Å². The molecule has 0 spiro atoms. The molecule has 2 rings (SSSR count). The predicted molar refractivity (Wildman–Crippen MR) is 65.9 cm³/mol. The molecule has 4 atom stereocenters. The topological polar surface area (TPSA) is 127 Å². The van der Waals surface area contributed by atoms with Gasteiger partial charge < -0.3 is 21.7 Å². The van der Waals surface area contributed by atoms with Crippen molar-refractivity contribution in [2.24, 2.45) is 23.3 Å². The fourth-order valence-corrected chi connectivity index (χ4v) is 2.48. The van der Waals surface area contributed by atoms with Crippen molar-refractivity contribution in [3.8, 4) is 0 Å². The SMILES string of the molecule is N[C@@H]1CC[C@@H](C(=O)O)C1.N[C@H]1CC[C@H](C(=O)O)C1. The lowest BCUT2D eigenvalue weighted by Crippen LogP contribution is -2.17. The summed E-state index contributed by atoms with van der Waals surface area (Å²) in [5.41, 5.74) is 11.0. The second-order valence-corrected chi connectivity index (χ2v) is 5.22. The van der Waals surface area contributed by atoms with Gasteiger partial charge in [-0.25, -0.2) is 0 Å². The summed E-state index contributed by atoms with van der Waals surface area (Å²) in [6, 6.07) is 0.261. The molecule has 0 heterocycles. The summed E-state index contributed by atoms with van der Waals surface area (Å²) in [6.45, 7) is 0. The van der Waals surface area contributed by atoms with Crippen LogP contribution in [0, 0.1) is 11.8 Å². The standard InChI is InChI=1S/2C6H11NO2/c2*7-5-2-1-4(3-5)6(8)9/h2*4-5H,1-3,7H2,(H,8,9)/t2*4-,5-/m10/s1. The number of hydrogen-bond donors (Lipinski definition) is 4. The van der Waals surface area contributed by atoms with Crippen molar-refractivity contribution < 1.29 is 19.8 Å². The van der Waals surface area contributed by atoms with Gasteiger partial charge in [-0.2, -0.15) is 0 Å². The zero-order valence-electron chi connectivity index (χ0n) is 10.4. The van der Waals surface area contributed by atoms with Gasteiger partial charge >= 0.3 is 11.9 Å². The average molecular weight is 258 g/mol. The molecule has 104 valence electrons. The van der Waals surface area contributed by atoms with Crippen LogP contribution in [0.25, 0.3) is 0 Å². The largest absolute Gasteiger partial charge is 0.481 e. The summed E-state index contributed by atoms with van der Waals surface area (Å²) in [6.07, 6.45) is 4.59. The highest BCUT2D eigenvalue weighted by molar-refractivity contribution is 5.70. The Morgan fingerprint density at radius 3 is 1.22 bits per heavy atom. The smallest absolute Gasteiger partial charge is 0.306 e. The molecule has 0 bridgehead atoms. The molecule has 6 nitrogen and oxygen atoms in total. The number of carboxylic acid groups (broad SMARTS) is 2. The first-order valence-corrected chi connectivity index (χ1v) is 6.37. The summed E-state index contributed by atoms with van der Waals surface area (Å²) in [5.74, 6) is -1.72. The van der Waals surface area contributed by atoms with Gasteiger partial charge in [0.15, 0.2) is 0 Å². The van der Waals surface area contributed by atoms with E-state index in [9.17, 15) is 9.59 Å². The van der Waals surface area contributed by atoms with E-state index >= 15 is 0 Å². The predicted octanol–water partition coefficient (Wildman–Crippen LogP) is 0.397. The van der Waals surface area contributed by atoms with E-state index in [0.29, 0.717) is 12.8 Å². The van der Waals surface area contributed by atoms with E-state index in [0.717, 1.165) is 25.7 Å². The number of carboxylic acids is 2. The summed E-state index contributed by atoms with van der Waals surface area (Å²) >= 11 is 0. The van der Waals surface area contributed by atoms with Crippen molar-refractivity contribution in [2.75, 3.05) is 0 Å². The van der Waals surface area contributed by atoms with E-state index in [2.05, 4.69) is 0 Å². The molecule has 18 heavy (non-hydrogen) atoms. The van der Waals surface area contributed by atoms with Gasteiger partial charge in [0, 0.05) is 12.1 Å². The molecule has 6 N–H and O–H groups in total. The summed E-state index contributed by atoms with van der Waals surface area (Å²) in [7, 11) is 0. The maximum absolute atomic E-state index is 10.3. The van der Waals surface area contributed by atoms with Crippen LogP contribution in [-0.2, 0) is 9.59 Å². The Bertz CT molecular complexity index is 278. The first kappa shape index (κ1) is 14.9. The molecule has 2 fully saturated rings. The minimum absolute atomic E-state index is 0.131. The lowest BCUT2D eigenvalue weighted by molar-refractivity contribution is -0.142. The third kappa shape index (κ3) is 4.62. The highest BCUT2D eigenvalue weighted by Crippen LogP contribution is 2.24. The highest BCUT2D eigenvalue weighted by Gasteiger charge is 2.27. The van der Waals surface area contributed by atoms with Gasteiger partial charge in [0.1, 0.15) is 0 Å². The molecule has 0 aromatic heterocycles. The Balaban J connectivity index is 0.000000180. The van der Waals surface area contributed by atoms with Crippen LogP contribution in [0.3, 0.4) is 0 Å². The van der Waals surface area contributed by atoms with Crippen LogP contribution in [0.1, 0.15) is 38.5 Å². The number of aliphatic carboxylic acids is 2. The molecule has 2 aliphatic carbocycles. The molecule has 0 saturated heterocycles. The molecule has 0 aromatic carbocycles. The maximum Gasteiger partial charge on any atom is 0.306 e. The average Bonchev–Trinajstić information content (AvgIpc) is 2.88. The van der Waals surface area contributed by atoms with Crippen LogP contribution in [0.4, 0.5) is 0 Å². The Hall–Kier alpha value is -1.14. The van der Waals surface area contributed by atoms with Gasteiger partial charge in [-0.3, -0.25) is 9.59 Å². The number of nitrogens with two attached hydrogens (primary N) is 2. The quantitative estimate of drug-likeness (QED) is 0.567. The molecule has 0 aliphatic heterocycles. The third-order valence-electron chi connectivity index (χ3n) is 3.64. The fraction of sp³-hybridized carbons (Fsp3) is 0.833. The van der Waals surface area contributed by atoms with E-state index in [4.69, 9.17) is 21.7 Å². The summed E-state index contributed by atoms with van der Waals surface area (Å²) < 4.78 is 0. The Morgan fingerprint density at radius 2 is 1.11 bits per heavy atom. The van der Waals surface area contributed by atoms with Gasteiger partial charge in [-0.15, -0.1) is 0 Å². The zero-order valence-corrected chi connectivity index (χ0v) is 10.4. The summed E-state index contributed by atoms with van der Waals surface area (Å²) in [5, 5.41) is 17.0. The van der Waals surface area contributed by atoms with Gasteiger partial charge in [0.05, 0.1) is 11.8 Å². The summed E-state index contributed by atoms with van der Waals surface area (Å²) in [4.78, 5) is 20.6. The lowest BCUT2D eigenvalue weighted by Gasteiger charge is -1.99. The van der Waals surface area contributed by atoms with Crippen LogP contribution < -0.4 is 11.5 Å². The molecular formula is C12H22N2O4. The monoisotopic (exact) mass is 258 g/mol. The van der Waals surface area contributed by atoms with Crippen LogP contribution in [0.2, 0.25) is 0 Å². The van der Waals surface area contributed by atoms with Crippen molar-refractivity contribution in [1.29, 1.82) is 0 Å². The molecule has 0 radical (unpaired) electrons. The molecule has 2 saturated carbocycles. The van der Waals surface area contributed by atoms with Crippen LogP contribution in [-0.4, -0.2) is 34.2 Å². The normalized spacial score (nSPS) is 34.8. The zero-order chi connectivity index (χ0) is 13.7. The van der Waals surface area contributed by atoms with Crippen molar-refractivity contribution in [1.82, 2.24) is 0 Å². The molecule has 6 heteroatoms. The van der Waals surface area contributed by atoms with E-state index in [1.54, 1.807) is 0 Å². The minimum atomic E-state index is -0.692. The Kier molecular flexibility index (Phi) is 5.55. The van der Waals surface area contributed by atoms with Gasteiger partial charge in [0.2, 0.25) is 0 Å². The molecule has 0 amide bonds. The first-order chi connectivity index (χ1) is 8.40. The maximum atomic E-state index is 10.3. The highest BCUT2D eigenvalue weighted by atomic mass is 16.4. The van der Waals surface area contributed by atoms with Crippen molar-refractivity contribution in [3.63, 3.8) is 0 Å². The second kappa shape index (κ2) is 6.70. The van der Waals surface area contributed by atoms with Gasteiger partial charge in [0.25, 0.3) is 0 Å². The van der Waals surface area contributed by atoms with Gasteiger partial charge in [-0.1, -0.05) is 0 Å². The molecule has 0 unspecified atom stereocenters. The Morgan fingerprint density at radius 1 is 0.778 bits per heavy atom. The Labute approximate surface area is 106 Å². The first-order valence-electron chi connectivity index (χ1n) is 6.37. The van der Waals surface area contributed by atoms with Crippen molar-refractivity contribution >= 4 is 11.9 Å².